The highest BCUT2D eigenvalue weighted by Gasteiger charge is 2.52. The first-order valence-electron chi connectivity index (χ1n) is 9.63. The molecule has 0 aromatic heterocycles. The standard InChI is InChI=1S/C23H19BrClN3O4/c1-32-18-9-2-14(3-10-18)13-26-21(29)23(31)19-12-15(24)4-11-20(19)27-22(30)28(23)17-7-5-16(25)6-8-17/h2-12,31H,13H2,1H3,(H,26,29)(H,27,30)/t23-/m0/s1. The fraction of sp³-hybridized carbons (Fsp3) is 0.130. The van der Waals surface area contributed by atoms with Crippen molar-refractivity contribution >= 4 is 50.8 Å². The molecule has 7 nitrogen and oxygen atoms in total. The highest BCUT2D eigenvalue weighted by molar-refractivity contribution is 9.10. The van der Waals surface area contributed by atoms with Crippen molar-refractivity contribution in [2.75, 3.05) is 17.3 Å². The largest absolute Gasteiger partial charge is 0.497 e. The molecule has 1 aliphatic rings. The lowest BCUT2D eigenvalue weighted by Gasteiger charge is -2.42. The van der Waals surface area contributed by atoms with Crippen LogP contribution < -0.4 is 20.3 Å². The van der Waals surface area contributed by atoms with Gasteiger partial charge in [-0.25, -0.2) is 4.79 Å². The maximum absolute atomic E-state index is 13.4. The van der Waals surface area contributed by atoms with Gasteiger partial charge < -0.3 is 20.5 Å². The van der Waals surface area contributed by atoms with E-state index in [9.17, 15) is 14.7 Å². The van der Waals surface area contributed by atoms with Crippen molar-refractivity contribution in [1.82, 2.24) is 5.32 Å². The van der Waals surface area contributed by atoms with E-state index < -0.39 is 17.7 Å². The van der Waals surface area contributed by atoms with E-state index in [1.54, 1.807) is 73.8 Å². The Bertz CT molecular complexity index is 1170. The predicted molar refractivity (Wildman–Crippen MR) is 126 cm³/mol. The SMILES string of the molecule is COc1ccc(CNC(=O)[C@@]2(O)c3cc(Br)ccc3NC(=O)N2c2ccc(Cl)cc2)cc1. The Morgan fingerprint density at radius 3 is 2.50 bits per heavy atom. The summed E-state index contributed by atoms with van der Waals surface area (Å²) in [4.78, 5) is 27.5. The average Bonchev–Trinajstić information content (AvgIpc) is 2.79. The number of carbonyl (C=O) groups is 2. The molecule has 1 aliphatic heterocycles. The molecule has 3 amide bonds. The predicted octanol–water partition coefficient (Wildman–Crippen LogP) is 4.62. The molecule has 1 atom stereocenters. The summed E-state index contributed by atoms with van der Waals surface area (Å²) in [6, 6.07) is 17.7. The molecule has 3 N–H and O–H groups in total. The number of nitrogens with zero attached hydrogens (tertiary/aromatic N) is 1. The van der Waals surface area contributed by atoms with Gasteiger partial charge in [-0.05, 0) is 60.2 Å². The number of methoxy groups -OCH3 is 1. The molecule has 0 spiro atoms. The molecule has 0 bridgehead atoms. The van der Waals surface area contributed by atoms with Crippen LogP contribution >= 0.6 is 27.5 Å². The zero-order chi connectivity index (χ0) is 22.9. The Kier molecular flexibility index (Phi) is 6.10. The molecule has 0 fully saturated rings. The second-order valence-electron chi connectivity index (χ2n) is 7.13. The van der Waals surface area contributed by atoms with E-state index in [0.717, 1.165) is 10.5 Å². The third-order valence-electron chi connectivity index (χ3n) is 5.14. The van der Waals surface area contributed by atoms with E-state index in [0.29, 0.717) is 26.6 Å². The smallest absolute Gasteiger partial charge is 0.329 e. The summed E-state index contributed by atoms with van der Waals surface area (Å²) < 4.78 is 5.79. The Morgan fingerprint density at radius 2 is 1.84 bits per heavy atom. The van der Waals surface area contributed by atoms with Crippen molar-refractivity contribution in [3.63, 3.8) is 0 Å². The summed E-state index contributed by atoms with van der Waals surface area (Å²) in [5, 5.41) is 17.7. The van der Waals surface area contributed by atoms with Crippen LogP contribution in [0.4, 0.5) is 16.2 Å². The molecule has 0 saturated heterocycles. The lowest BCUT2D eigenvalue weighted by Crippen LogP contribution is -2.62. The Hall–Kier alpha value is -3.07. The number of hydrogen-bond acceptors (Lipinski definition) is 4. The van der Waals surface area contributed by atoms with Crippen LogP contribution in [-0.4, -0.2) is 24.2 Å². The number of amides is 3. The number of carbonyl (C=O) groups excluding carboxylic acids is 2. The molecule has 0 aliphatic carbocycles. The van der Waals surface area contributed by atoms with Crippen LogP contribution in [0, 0.1) is 0 Å². The molecular weight excluding hydrogens is 498 g/mol. The van der Waals surface area contributed by atoms with Gasteiger partial charge in [0.15, 0.2) is 0 Å². The summed E-state index contributed by atoms with van der Waals surface area (Å²) >= 11 is 9.36. The highest BCUT2D eigenvalue weighted by Crippen LogP contribution is 2.41. The van der Waals surface area contributed by atoms with Crippen molar-refractivity contribution in [2.24, 2.45) is 0 Å². The van der Waals surface area contributed by atoms with Crippen molar-refractivity contribution in [3.05, 3.63) is 87.4 Å². The van der Waals surface area contributed by atoms with Crippen molar-refractivity contribution in [1.29, 1.82) is 0 Å². The summed E-state index contributed by atoms with van der Waals surface area (Å²) in [5.41, 5.74) is -0.629. The molecule has 9 heteroatoms. The molecule has 3 aromatic carbocycles. The Labute approximate surface area is 198 Å². The normalized spacial score (nSPS) is 17.4. The second-order valence-corrected chi connectivity index (χ2v) is 8.49. The lowest BCUT2D eigenvalue weighted by molar-refractivity contribution is -0.140. The Balaban J connectivity index is 1.73. The van der Waals surface area contributed by atoms with Crippen LogP contribution in [0.2, 0.25) is 5.02 Å². The molecule has 164 valence electrons. The zero-order valence-electron chi connectivity index (χ0n) is 16.9. The number of halogens is 2. The number of aliphatic hydroxyl groups is 1. The number of hydrogen-bond donors (Lipinski definition) is 3. The van der Waals surface area contributed by atoms with Crippen LogP contribution in [0.15, 0.2) is 71.2 Å². The number of nitrogens with one attached hydrogen (secondary N) is 2. The highest BCUT2D eigenvalue weighted by atomic mass is 79.9. The molecule has 0 unspecified atom stereocenters. The average molecular weight is 517 g/mol. The molecule has 3 aromatic rings. The minimum Gasteiger partial charge on any atom is -0.497 e. The number of rotatable bonds is 5. The number of ether oxygens (including phenoxy) is 1. The summed E-state index contributed by atoms with van der Waals surface area (Å²) in [7, 11) is 1.57. The second kappa shape index (κ2) is 8.82. The maximum atomic E-state index is 13.4. The van der Waals surface area contributed by atoms with E-state index >= 15 is 0 Å². The van der Waals surface area contributed by atoms with E-state index in [1.807, 2.05) is 0 Å². The van der Waals surface area contributed by atoms with Gasteiger partial charge in [0.25, 0.3) is 11.6 Å². The molecule has 0 saturated carbocycles. The number of anilines is 2. The van der Waals surface area contributed by atoms with Crippen LogP contribution in [0.1, 0.15) is 11.1 Å². The van der Waals surface area contributed by atoms with Crippen molar-refractivity contribution in [2.45, 2.75) is 12.3 Å². The molecule has 32 heavy (non-hydrogen) atoms. The quantitative estimate of drug-likeness (QED) is 0.461. The fourth-order valence-electron chi connectivity index (χ4n) is 3.52. The van der Waals surface area contributed by atoms with E-state index in [4.69, 9.17) is 16.3 Å². The van der Waals surface area contributed by atoms with Crippen molar-refractivity contribution in [3.8, 4) is 5.75 Å². The van der Waals surface area contributed by atoms with E-state index in [2.05, 4.69) is 26.6 Å². The van der Waals surface area contributed by atoms with Gasteiger partial charge in [0.05, 0.1) is 12.8 Å². The third-order valence-corrected chi connectivity index (χ3v) is 5.88. The summed E-state index contributed by atoms with van der Waals surface area (Å²) in [6.07, 6.45) is 0. The first kappa shape index (κ1) is 22.1. The van der Waals surface area contributed by atoms with Crippen LogP contribution in [-0.2, 0) is 17.1 Å². The lowest BCUT2D eigenvalue weighted by atomic mass is 9.94. The minimum absolute atomic E-state index is 0.143. The van der Waals surface area contributed by atoms with Crippen LogP contribution in [0.3, 0.4) is 0 Å². The molecule has 4 rings (SSSR count). The van der Waals surface area contributed by atoms with E-state index in [-0.39, 0.29) is 12.1 Å². The first-order chi connectivity index (χ1) is 15.3. The monoisotopic (exact) mass is 515 g/mol. The van der Waals surface area contributed by atoms with Crippen LogP contribution in [0.5, 0.6) is 5.75 Å². The first-order valence-corrected chi connectivity index (χ1v) is 10.8. The Morgan fingerprint density at radius 1 is 1.16 bits per heavy atom. The van der Waals surface area contributed by atoms with Crippen molar-refractivity contribution < 1.29 is 19.4 Å². The van der Waals surface area contributed by atoms with Gasteiger partial charge >= 0.3 is 6.03 Å². The topological polar surface area (TPSA) is 90.9 Å². The number of benzene rings is 3. The van der Waals surface area contributed by atoms with Gasteiger partial charge in [0.1, 0.15) is 5.75 Å². The van der Waals surface area contributed by atoms with Gasteiger partial charge in [-0.3, -0.25) is 9.69 Å². The summed E-state index contributed by atoms with van der Waals surface area (Å²) in [6.45, 7) is 0.143. The third kappa shape index (κ3) is 4.04. The van der Waals surface area contributed by atoms with Gasteiger partial charge in [-0.2, -0.15) is 0 Å². The molecular formula is C23H19BrClN3O4. The minimum atomic E-state index is -2.30. The fourth-order valence-corrected chi connectivity index (χ4v) is 4.01. The van der Waals surface area contributed by atoms with Crippen LogP contribution in [0.25, 0.3) is 0 Å². The van der Waals surface area contributed by atoms with Gasteiger partial charge in [0.2, 0.25) is 0 Å². The van der Waals surface area contributed by atoms with E-state index in [1.165, 1.54) is 0 Å². The summed E-state index contributed by atoms with van der Waals surface area (Å²) in [5.74, 6) is -0.0622. The maximum Gasteiger partial charge on any atom is 0.329 e. The molecule has 0 radical (unpaired) electrons. The number of urea groups is 1. The zero-order valence-corrected chi connectivity index (χ0v) is 19.3. The van der Waals surface area contributed by atoms with Gasteiger partial charge in [0, 0.05) is 27.3 Å². The van der Waals surface area contributed by atoms with Gasteiger partial charge in [-0.15, -0.1) is 0 Å². The van der Waals surface area contributed by atoms with Gasteiger partial charge in [-0.1, -0.05) is 39.7 Å². The molecule has 1 heterocycles. The number of fused-ring (bicyclic) bond motifs is 1.